The van der Waals surface area contributed by atoms with Crippen LogP contribution >= 0.6 is 27.5 Å². The summed E-state index contributed by atoms with van der Waals surface area (Å²) in [6.45, 7) is 5.36. The summed E-state index contributed by atoms with van der Waals surface area (Å²) in [5.74, 6) is 0.747. The van der Waals surface area contributed by atoms with Crippen LogP contribution in [0.25, 0.3) is 0 Å². The van der Waals surface area contributed by atoms with Crippen molar-refractivity contribution in [3.8, 4) is 0 Å². The quantitative estimate of drug-likeness (QED) is 0.718. The fraction of sp³-hybridized carbons (Fsp3) is 0.500. The summed E-state index contributed by atoms with van der Waals surface area (Å²) in [7, 11) is 0. The average molecular weight is 291 g/mol. The molecule has 15 heavy (non-hydrogen) atoms. The fourth-order valence-corrected chi connectivity index (χ4v) is 1.86. The van der Waals surface area contributed by atoms with Gasteiger partial charge in [0, 0.05) is 16.9 Å². The smallest absolute Gasteiger partial charge is 0.0235 e. The van der Waals surface area contributed by atoms with E-state index < -0.39 is 0 Å². The molecule has 0 fully saturated rings. The lowest BCUT2D eigenvalue weighted by atomic mass is 10.2. The van der Waals surface area contributed by atoms with E-state index in [4.69, 9.17) is 11.6 Å². The number of benzene rings is 1. The Hall–Kier alpha value is -0.0500. The molecule has 0 aromatic heterocycles. The van der Waals surface area contributed by atoms with Crippen LogP contribution in [0.2, 0.25) is 0 Å². The van der Waals surface area contributed by atoms with E-state index in [-0.39, 0.29) is 0 Å². The molecule has 0 unspecified atom stereocenters. The van der Waals surface area contributed by atoms with Crippen LogP contribution in [0.15, 0.2) is 28.7 Å². The SMILES string of the molecule is CCN(CCCCl)Cc1ccc(Br)cc1. The van der Waals surface area contributed by atoms with E-state index in [2.05, 4.69) is 52.0 Å². The Morgan fingerprint density at radius 1 is 1.27 bits per heavy atom. The van der Waals surface area contributed by atoms with E-state index in [0.717, 1.165) is 36.4 Å². The maximum absolute atomic E-state index is 5.69. The van der Waals surface area contributed by atoms with E-state index in [1.807, 2.05) is 0 Å². The van der Waals surface area contributed by atoms with Crippen molar-refractivity contribution >= 4 is 27.5 Å². The van der Waals surface area contributed by atoms with Gasteiger partial charge in [0.05, 0.1) is 0 Å². The topological polar surface area (TPSA) is 3.24 Å². The molecule has 0 spiro atoms. The first kappa shape index (κ1) is 13.0. The van der Waals surface area contributed by atoms with Crippen molar-refractivity contribution < 1.29 is 0 Å². The molecule has 1 rings (SSSR count). The average Bonchev–Trinajstić information content (AvgIpc) is 2.27. The van der Waals surface area contributed by atoms with Gasteiger partial charge in [0.1, 0.15) is 0 Å². The summed E-state index contributed by atoms with van der Waals surface area (Å²) in [4.78, 5) is 2.41. The number of alkyl halides is 1. The molecule has 1 aromatic carbocycles. The van der Waals surface area contributed by atoms with Gasteiger partial charge in [-0.2, -0.15) is 0 Å². The summed E-state index contributed by atoms with van der Waals surface area (Å²) in [6, 6.07) is 8.50. The van der Waals surface area contributed by atoms with Gasteiger partial charge in [-0.25, -0.2) is 0 Å². The van der Waals surface area contributed by atoms with E-state index in [9.17, 15) is 0 Å². The lowest BCUT2D eigenvalue weighted by molar-refractivity contribution is 0.281. The molecule has 0 saturated heterocycles. The summed E-state index contributed by atoms with van der Waals surface area (Å²) in [5.41, 5.74) is 1.36. The highest BCUT2D eigenvalue weighted by atomic mass is 79.9. The van der Waals surface area contributed by atoms with Gasteiger partial charge in [0.25, 0.3) is 0 Å². The first-order chi connectivity index (χ1) is 7.26. The predicted molar refractivity (Wildman–Crippen MR) is 70.4 cm³/mol. The summed E-state index contributed by atoms with van der Waals surface area (Å²) in [6.07, 6.45) is 1.06. The summed E-state index contributed by atoms with van der Waals surface area (Å²) >= 11 is 9.13. The molecule has 1 aromatic rings. The van der Waals surface area contributed by atoms with Crippen LogP contribution in [0.5, 0.6) is 0 Å². The highest BCUT2D eigenvalue weighted by molar-refractivity contribution is 9.10. The fourth-order valence-electron chi connectivity index (χ4n) is 1.48. The van der Waals surface area contributed by atoms with Gasteiger partial charge in [-0.15, -0.1) is 11.6 Å². The zero-order chi connectivity index (χ0) is 11.1. The van der Waals surface area contributed by atoms with Gasteiger partial charge in [-0.3, -0.25) is 4.90 Å². The van der Waals surface area contributed by atoms with Gasteiger partial charge in [0.2, 0.25) is 0 Å². The predicted octanol–water partition coefficient (Wildman–Crippen LogP) is 3.90. The molecule has 0 radical (unpaired) electrons. The molecular weight excluding hydrogens is 273 g/mol. The van der Waals surface area contributed by atoms with Crippen molar-refractivity contribution in [2.45, 2.75) is 19.9 Å². The number of hydrogen-bond acceptors (Lipinski definition) is 1. The Balaban J connectivity index is 2.47. The van der Waals surface area contributed by atoms with E-state index in [1.54, 1.807) is 0 Å². The van der Waals surface area contributed by atoms with Crippen LogP contribution in [-0.2, 0) is 6.54 Å². The Bertz CT molecular complexity index is 273. The van der Waals surface area contributed by atoms with Gasteiger partial charge < -0.3 is 0 Å². The molecule has 0 aliphatic rings. The molecule has 1 nitrogen and oxygen atoms in total. The second kappa shape index (κ2) is 7.26. The minimum absolute atomic E-state index is 0.747. The van der Waals surface area contributed by atoms with Crippen LogP contribution in [0.1, 0.15) is 18.9 Å². The lowest BCUT2D eigenvalue weighted by Gasteiger charge is -2.19. The number of hydrogen-bond donors (Lipinski definition) is 0. The van der Waals surface area contributed by atoms with E-state index >= 15 is 0 Å². The number of nitrogens with zero attached hydrogens (tertiary/aromatic N) is 1. The van der Waals surface area contributed by atoms with Gasteiger partial charge in [-0.05, 0) is 37.2 Å². The number of halogens is 2. The Morgan fingerprint density at radius 2 is 1.93 bits per heavy atom. The molecule has 0 aliphatic heterocycles. The second-order valence-electron chi connectivity index (χ2n) is 3.54. The van der Waals surface area contributed by atoms with Crippen molar-refractivity contribution in [2.75, 3.05) is 19.0 Å². The molecule has 0 aliphatic carbocycles. The molecule has 0 bridgehead atoms. The van der Waals surface area contributed by atoms with Gasteiger partial charge >= 0.3 is 0 Å². The summed E-state index contributed by atoms with van der Waals surface area (Å²) < 4.78 is 1.13. The van der Waals surface area contributed by atoms with E-state index in [1.165, 1.54) is 5.56 Å². The molecular formula is C12H17BrClN. The zero-order valence-electron chi connectivity index (χ0n) is 9.05. The molecule has 0 atom stereocenters. The standard InChI is InChI=1S/C12H17BrClN/c1-2-15(9-3-8-14)10-11-4-6-12(13)7-5-11/h4-7H,2-3,8-10H2,1H3. The van der Waals surface area contributed by atoms with Crippen LogP contribution < -0.4 is 0 Å². The van der Waals surface area contributed by atoms with Crippen molar-refractivity contribution in [2.24, 2.45) is 0 Å². The Kier molecular flexibility index (Phi) is 6.30. The molecule has 0 heterocycles. The zero-order valence-corrected chi connectivity index (χ0v) is 11.4. The molecule has 3 heteroatoms. The van der Waals surface area contributed by atoms with Gasteiger partial charge in [-0.1, -0.05) is 35.0 Å². The van der Waals surface area contributed by atoms with Crippen LogP contribution in [-0.4, -0.2) is 23.9 Å². The molecule has 0 amide bonds. The maximum Gasteiger partial charge on any atom is 0.0235 e. The first-order valence-corrected chi connectivity index (χ1v) is 6.61. The third kappa shape index (κ3) is 5.01. The molecule has 0 N–H and O–H groups in total. The maximum atomic E-state index is 5.69. The largest absolute Gasteiger partial charge is 0.299 e. The Morgan fingerprint density at radius 3 is 2.47 bits per heavy atom. The van der Waals surface area contributed by atoms with Crippen molar-refractivity contribution in [1.82, 2.24) is 4.90 Å². The van der Waals surface area contributed by atoms with Crippen LogP contribution in [0.4, 0.5) is 0 Å². The molecule has 84 valence electrons. The van der Waals surface area contributed by atoms with Gasteiger partial charge in [0.15, 0.2) is 0 Å². The monoisotopic (exact) mass is 289 g/mol. The van der Waals surface area contributed by atoms with Crippen molar-refractivity contribution in [3.63, 3.8) is 0 Å². The lowest BCUT2D eigenvalue weighted by Crippen LogP contribution is -2.24. The Labute approximate surface area is 106 Å². The van der Waals surface area contributed by atoms with E-state index in [0.29, 0.717) is 0 Å². The molecule has 0 saturated carbocycles. The van der Waals surface area contributed by atoms with Crippen LogP contribution in [0, 0.1) is 0 Å². The summed E-state index contributed by atoms with van der Waals surface area (Å²) in [5, 5.41) is 0. The minimum Gasteiger partial charge on any atom is -0.299 e. The minimum atomic E-state index is 0.747. The third-order valence-corrected chi connectivity index (χ3v) is 3.17. The van der Waals surface area contributed by atoms with Crippen molar-refractivity contribution in [3.05, 3.63) is 34.3 Å². The second-order valence-corrected chi connectivity index (χ2v) is 4.83. The third-order valence-electron chi connectivity index (χ3n) is 2.37. The highest BCUT2D eigenvalue weighted by Gasteiger charge is 2.02. The first-order valence-electron chi connectivity index (χ1n) is 5.29. The van der Waals surface area contributed by atoms with Crippen LogP contribution in [0.3, 0.4) is 0 Å². The normalized spacial score (nSPS) is 10.9. The van der Waals surface area contributed by atoms with Crippen molar-refractivity contribution in [1.29, 1.82) is 0 Å². The highest BCUT2D eigenvalue weighted by Crippen LogP contribution is 2.12. The number of rotatable bonds is 6.